The molecule has 732 valence electrons. The second kappa shape index (κ2) is 37.2. The highest BCUT2D eigenvalue weighted by Gasteiger charge is 2.42. The molecule has 0 radical (unpaired) electrons. The minimum atomic E-state index is -1.82. The first-order chi connectivity index (χ1) is 70.7. The van der Waals surface area contributed by atoms with E-state index >= 15 is 0 Å². The van der Waals surface area contributed by atoms with E-state index < -0.39 is 47.0 Å². The van der Waals surface area contributed by atoms with Gasteiger partial charge in [0, 0.05) is 86.9 Å². The van der Waals surface area contributed by atoms with E-state index in [1.807, 2.05) is 14.2 Å². The predicted octanol–water partition coefficient (Wildman–Crippen LogP) is 25.8. The van der Waals surface area contributed by atoms with Gasteiger partial charge in [0.25, 0.3) is 0 Å². The second-order valence-corrected chi connectivity index (χ2v) is 48.7. The maximum Gasteiger partial charge on any atom is 0.563 e. The van der Waals surface area contributed by atoms with Gasteiger partial charge in [-0.2, -0.15) is 0 Å². The van der Waals surface area contributed by atoms with Crippen LogP contribution in [0.15, 0.2) is 235 Å². The number of benzene rings is 12. The molecule has 18 bridgehead atoms. The minimum Gasteiger partial charge on any atom is -0.412 e. The summed E-state index contributed by atoms with van der Waals surface area (Å²) in [5.74, 6) is 7.08. The number of fused-ring (bicyclic) bond motifs is 42. The van der Waals surface area contributed by atoms with Crippen molar-refractivity contribution in [2.24, 2.45) is 89.9 Å². The van der Waals surface area contributed by atoms with Crippen molar-refractivity contribution in [1.29, 1.82) is 0 Å². The molecule has 27 nitrogen and oxygen atoms in total. The van der Waals surface area contributed by atoms with Crippen molar-refractivity contribution in [3.05, 3.63) is 366 Å². The van der Waals surface area contributed by atoms with Gasteiger partial charge in [0.15, 0.2) is 70.0 Å². The molecule has 0 spiro atoms. The lowest BCUT2D eigenvalue weighted by molar-refractivity contribution is 0.823. The molecule has 30 rings (SSSR count). The third kappa shape index (κ3) is 15.3. The Morgan fingerprint density at radius 3 is 0.547 bits per heavy atom. The molecule has 0 atom stereocenters. The molecule has 12 aliphatic heterocycles. The number of nitrogens with zero attached hydrogens (tertiary/aromatic N) is 24. The molecule has 0 aliphatic carbocycles. The normalized spacial score (nSPS) is 14.8. The van der Waals surface area contributed by atoms with Gasteiger partial charge in [0.2, 0.25) is 0 Å². The maximum absolute atomic E-state index is 6.99. The van der Waals surface area contributed by atoms with Crippen molar-refractivity contribution >= 4 is 495 Å². The van der Waals surface area contributed by atoms with Crippen LogP contribution in [0.25, 0.3) is 64.6 Å². The van der Waals surface area contributed by atoms with E-state index in [-0.39, 0.29) is 39.8 Å². The smallest absolute Gasteiger partial charge is 0.412 e. The van der Waals surface area contributed by atoms with Crippen LogP contribution in [0.5, 0.6) is 0 Å². The molecule has 12 aromatic carbocycles. The molecule has 12 aliphatic rings. The predicted molar refractivity (Wildman–Crippen MR) is 619 cm³/mol. The average molecular weight is 2500 g/mol. The minimum absolute atomic E-state index is 0. The van der Waals surface area contributed by atoms with Crippen LogP contribution in [-0.4, -0.2) is 155 Å². The van der Waals surface area contributed by atoms with Gasteiger partial charge in [0.1, 0.15) is 67.8 Å². The highest BCUT2D eigenvalue weighted by atomic mass is 35.5. The van der Waals surface area contributed by atoms with Crippen LogP contribution >= 0.6 is 278 Å². The summed E-state index contributed by atoms with van der Waals surface area (Å²) in [6.07, 6.45) is 0. The number of amidine groups is 12. The number of aliphatic imine (C=N–C) groups is 12. The fraction of sp³-hybridized carbons (Fsp3) is 0. The van der Waals surface area contributed by atoms with Crippen LogP contribution in [-0.2, 0) is 0 Å². The Hall–Kier alpha value is -8.84. The quantitative estimate of drug-likeness (QED) is 0.128. The van der Waals surface area contributed by atoms with Crippen molar-refractivity contribution in [3.8, 4) is 0 Å². The molecule has 6 aromatic heterocycles. The lowest BCUT2D eigenvalue weighted by Gasteiger charge is -2.11. The zero-order valence-electron chi connectivity index (χ0n) is 73.3. The van der Waals surface area contributed by atoms with E-state index in [2.05, 4.69) is 7.10 Å². The van der Waals surface area contributed by atoms with Gasteiger partial charge in [-0.05, 0) is 146 Å². The molecule has 18 aromatic rings. The first-order valence-corrected chi connectivity index (χ1v) is 55.9. The van der Waals surface area contributed by atoms with Gasteiger partial charge >= 0.3 is 47.0 Å². The molecule has 0 unspecified atom stereocenters. The zero-order chi connectivity index (χ0) is 101. The van der Waals surface area contributed by atoms with E-state index in [1.165, 1.54) is 0 Å². The fourth-order valence-electron chi connectivity index (χ4n) is 19.9. The van der Waals surface area contributed by atoms with E-state index in [4.69, 9.17) is 368 Å². The monoisotopic (exact) mass is 2490 g/mol. The van der Waals surface area contributed by atoms with E-state index in [0.717, 1.165) is 0 Å². The van der Waals surface area contributed by atoms with Gasteiger partial charge in [0.05, 0.1) is 165 Å². The summed E-state index contributed by atoms with van der Waals surface area (Å²) in [5, 5.41) is 16.7. The average Bonchev–Trinajstić information content (AvgIpc) is 1.55. The number of rotatable bonds is 0. The van der Waals surface area contributed by atoms with Crippen LogP contribution in [0.4, 0.5) is 34.9 Å². The number of aromatic nitrogens is 6. The highest BCUT2D eigenvalue weighted by Crippen LogP contribution is 2.53. The van der Waals surface area contributed by atoms with Gasteiger partial charge in [-0.3, -0.25) is 0 Å². The summed E-state index contributed by atoms with van der Waals surface area (Å²) in [4.78, 5) is 91.3. The van der Waals surface area contributed by atoms with Crippen molar-refractivity contribution in [3.63, 3.8) is 0 Å². The summed E-state index contributed by atoms with van der Waals surface area (Å²) in [5.41, 5.74) is 9.95. The SMILES string of the molecule is Clc1cc2c(cc1Cl)C1=Nc3c4cc(Cl)c(Cl)cc4c4[n]3[AlH][n]3c(c5cc(Cl)c(Cl)cc5c3=NC3=NC(=N4)c4cc(Cl)c(Cl)cc43)=NC2=N1.Clc1cc2c3[n]4c(c2cc1Cl)N=C1N=C(N=c2c5cc(Cl)c(Cl)cc5c([n]2[AlH]4)=NC2=NC(=N3)c3c(Cl)ccc(Cl)c32)c2c(Cl)ccc(Cl)c21.Clc1ccc(Cl)c2c1C1=NC2=Nc2c3c(Cl)ccc(Cl)c3c3[n]2[AlH][n]2c(c4c(Cl)ccc(Cl)c4c2=NC2=NC(=N3)c3c(Cl)ccc(Cl)c32)=N1.O.O.O. The van der Waals surface area contributed by atoms with Crippen molar-refractivity contribution in [2.75, 3.05) is 0 Å². The molecule has 6 N–H and O–H groups in total. The maximum atomic E-state index is 6.99. The Morgan fingerprint density at radius 1 is 0.140 bits per heavy atom. The number of halogens is 24. The molecule has 0 saturated heterocycles. The first kappa shape index (κ1) is 102. The Labute approximate surface area is 976 Å². The first-order valence-electron chi connectivity index (χ1n) is 43.1. The summed E-state index contributed by atoms with van der Waals surface area (Å²) in [6, 6.07) is 41.6. The van der Waals surface area contributed by atoms with Crippen LogP contribution in [0.1, 0.15) is 66.8 Å². The van der Waals surface area contributed by atoms with Crippen LogP contribution in [0.2, 0.25) is 121 Å². The second-order valence-electron chi connectivity index (χ2n) is 34.3. The van der Waals surface area contributed by atoms with Crippen LogP contribution < -0.4 is 32.9 Å². The summed E-state index contributed by atoms with van der Waals surface area (Å²) < 4.78 is 12.1. The molecule has 54 heteroatoms. The third-order valence-corrected chi connectivity index (χ3v) is 39.7. The van der Waals surface area contributed by atoms with Crippen molar-refractivity contribution < 1.29 is 16.4 Å². The lowest BCUT2D eigenvalue weighted by atomic mass is 10.1. The van der Waals surface area contributed by atoms with Gasteiger partial charge in [-0.15, -0.1) is 0 Å². The molecule has 0 saturated carbocycles. The number of hydrogen-bond donors (Lipinski definition) is 0. The topological polar surface area (TPSA) is 347 Å². The number of hydrogen-bond acceptors (Lipinski definition) is 18. The molecule has 150 heavy (non-hydrogen) atoms. The largest absolute Gasteiger partial charge is 0.563 e. The molecular formula is C96H33Al3Cl24N24O3. The van der Waals surface area contributed by atoms with Crippen LogP contribution in [0, 0.1) is 0 Å². The Balaban J connectivity index is 0.000000115. The Bertz CT molecular complexity index is 10000. The van der Waals surface area contributed by atoms with E-state index in [9.17, 15) is 0 Å². The summed E-state index contributed by atoms with van der Waals surface area (Å²) in [7, 11) is 0. The zero-order valence-corrected chi connectivity index (χ0v) is 95.7. The summed E-state index contributed by atoms with van der Waals surface area (Å²) >= 11 is 157. The van der Waals surface area contributed by atoms with Crippen molar-refractivity contribution in [2.45, 2.75) is 0 Å². The molecule has 0 amide bonds. The van der Waals surface area contributed by atoms with E-state index in [1.54, 1.807) is 146 Å². The van der Waals surface area contributed by atoms with Crippen molar-refractivity contribution in [1.82, 2.24) is 21.3 Å². The molecule has 0 fully saturated rings. The molecular weight excluding hydrogens is 2470 g/mol. The Morgan fingerprint density at radius 2 is 0.300 bits per heavy atom. The standard InChI is InChI=1S/3C32H8Cl8N8.3Al.3H2O.3H/c33-17-1-9-10(2-18(17)34)26-41-25(9)45-27-11-3-19(35)20(36)4-12(11)29(42-27)47-31-15-7-23(39)24(40)8-16(15)32(44-31)48-30-14-6-22(38)21(37)5-13(14)28(43-30)46-26;33-13-1-2-14(34)22-21(13)29-43-25-9-5-17(37)18(38)6-10(9)27(41-25)45-31-23-15(35)3-4-16(36)24(23)32(48-31)46-28-12-8-20(40)19(39)7-11(12)26(42-28)44-30(22)47-29;33-9-1-2-10(34)18-17(9)25-41-26(18)46-28-21-13(37)5-6-14(38)22(21)30(43-28)48-32-24-16(40)8-7-15(39)23(24)31(44-32)47-29-20-12(36)4-3-11(35)19(20)27(42-29)45-25;;;;;;;;;/h3*1-8H;;;;3*1H2;;;/q3*-2;3*+2;;;;;;. The van der Waals surface area contributed by atoms with Gasteiger partial charge < -0.3 is 37.7 Å². The van der Waals surface area contributed by atoms with Crippen LogP contribution in [0.3, 0.4) is 0 Å². The lowest BCUT2D eigenvalue weighted by Crippen LogP contribution is -2.36. The molecule has 18 heterocycles. The summed E-state index contributed by atoms with van der Waals surface area (Å²) in [6.45, 7) is 0. The third-order valence-electron chi connectivity index (χ3n) is 26.3. The van der Waals surface area contributed by atoms with E-state index in [0.29, 0.717) is 366 Å². The van der Waals surface area contributed by atoms with Gasteiger partial charge in [-0.1, -0.05) is 278 Å². The highest BCUT2D eigenvalue weighted by molar-refractivity contribution is 6.54. The Kier molecular flexibility index (Phi) is 25.2. The van der Waals surface area contributed by atoms with Gasteiger partial charge in [-0.25, -0.2) is 89.9 Å². The fourth-order valence-corrected chi connectivity index (χ4v) is 30.0.